The SMILES string of the molecule is C#C[C@@]1(OC(C)=O)[C@@H](COC(Cc2ccc(N3CCCN(CCC)C3=O)cc2)(C(=O)OCC)C(=O)OCC)O[C@@H](n2cnc3c(N)nc(Cl)nc32)[C@@H]1OC(C)=O. The van der Waals surface area contributed by atoms with E-state index < -0.39 is 66.5 Å². The fraction of sp³-hybridized carbons (Fsp3) is 0.514. The number of rotatable bonds is 15. The Kier molecular flexibility index (Phi) is 13.0. The summed E-state index contributed by atoms with van der Waals surface area (Å²) in [4.78, 5) is 82.1. The Hall–Kier alpha value is -5.51. The van der Waals surface area contributed by atoms with Crippen LogP contribution in [0.2, 0.25) is 5.28 Å². The first-order chi connectivity index (χ1) is 26.7. The van der Waals surface area contributed by atoms with Crippen molar-refractivity contribution in [1.82, 2.24) is 24.4 Å². The van der Waals surface area contributed by atoms with Gasteiger partial charge in [-0.25, -0.2) is 19.4 Å². The lowest BCUT2D eigenvalue weighted by Gasteiger charge is -2.36. The highest BCUT2D eigenvalue weighted by Crippen LogP contribution is 2.44. The van der Waals surface area contributed by atoms with E-state index in [1.54, 1.807) is 47.9 Å². The molecule has 5 rings (SSSR count). The number of carbonyl (C=O) groups is 5. The maximum Gasteiger partial charge on any atom is 0.350 e. The van der Waals surface area contributed by atoms with Crippen LogP contribution in [0.25, 0.3) is 11.2 Å². The van der Waals surface area contributed by atoms with Gasteiger partial charge in [0.1, 0.15) is 11.6 Å². The lowest BCUT2D eigenvalue weighted by molar-refractivity contribution is -0.200. The number of hydrogen-bond acceptors (Lipinski definition) is 15. The molecule has 300 valence electrons. The molecule has 19 heteroatoms. The third kappa shape index (κ3) is 8.20. The second kappa shape index (κ2) is 17.5. The molecule has 0 aliphatic carbocycles. The molecule has 1 aromatic carbocycles. The van der Waals surface area contributed by atoms with E-state index in [4.69, 9.17) is 52.2 Å². The van der Waals surface area contributed by atoms with E-state index in [2.05, 4.69) is 20.9 Å². The number of amides is 2. The Morgan fingerprint density at radius 2 is 1.73 bits per heavy atom. The second-order valence-electron chi connectivity index (χ2n) is 13.0. The fourth-order valence-corrected chi connectivity index (χ4v) is 6.96. The van der Waals surface area contributed by atoms with Gasteiger partial charge >= 0.3 is 29.9 Å². The summed E-state index contributed by atoms with van der Waals surface area (Å²) < 4.78 is 36.1. The largest absolute Gasteiger partial charge is 0.463 e. The third-order valence-electron chi connectivity index (χ3n) is 9.19. The summed E-state index contributed by atoms with van der Waals surface area (Å²) in [7, 11) is 0. The standard InChI is InChI=1S/C37H44ClN7O11/c1-7-16-43-17-11-18-44(35(43)50)25-14-12-24(13-15-25)19-37(32(48)51-9-3,33(49)52-10-4)53-20-26-36(8-2,56-23(6)47)28(54-22(5)46)31(55-26)45-21-40-27-29(39)41-34(38)42-30(27)45/h2,12-15,21,26,28,31H,7,9-11,16-20H2,1,3-6H3,(H2,39,41,42)/t26-,28+,31-,36-/m1/s1. The van der Waals surface area contributed by atoms with Crippen molar-refractivity contribution in [2.45, 2.75) is 83.5 Å². The van der Waals surface area contributed by atoms with Crippen LogP contribution in [0.5, 0.6) is 0 Å². The van der Waals surface area contributed by atoms with Gasteiger partial charge in [-0.1, -0.05) is 25.0 Å². The number of esters is 4. The molecule has 2 N–H and O–H groups in total. The molecule has 4 heterocycles. The zero-order valence-electron chi connectivity index (χ0n) is 31.7. The van der Waals surface area contributed by atoms with E-state index in [0.29, 0.717) is 30.9 Å². The number of hydrogen-bond donors (Lipinski definition) is 1. The Labute approximate surface area is 327 Å². The number of aromatic nitrogens is 4. The summed E-state index contributed by atoms with van der Waals surface area (Å²) in [6, 6.07) is 6.62. The van der Waals surface area contributed by atoms with Crippen LogP contribution in [-0.2, 0) is 54.0 Å². The quantitative estimate of drug-likeness (QED) is 0.0769. The molecular formula is C37H44ClN7O11. The Morgan fingerprint density at radius 1 is 1.05 bits per heavy atom. The molecule has 2 aliphatic heterocycles. The van der Waals surface area contributed by atoms with Gasteiger partial charge in [0, 0.05) is 45.6 Å². The maximum absolute atomic E-state index is 13.9. The van der Waals surface area contributed by atoms with Crippen molar-refractivity contribution in [1.29, 1.82) is 0 Å². The van der Waals surface area contributed by atoms with Crippen molar-refractivity contribution in [3.63, 3.8) is 0 Å². The van der Waals surface area contributed by atoms with Crippen LogP contribution >= 0.6 is 11.6 Å². The highest BCUT2D eigenvalue weighted by Gasteiger charge is 2.63. The van der Waals surface area contributed by atoms with Gasteiger partial charge in [-0.05, 0) is 56.0 Å². The van der Waals surface area contributed by atoms with E-state index in [0.717, 1.165) is 26.7 Å². The molecule has 0 saturated carbocycles. The molecule has 2 saturated heterocycles. The normalized spacial score (nSPS) is 21.1. The fourth-order valence-electron chi connectivity index (χ4n) is 6.79. The number of halogens is 1. The minimum atomic E-state index is -2.46. The number of imidazole rings is 1. The topological polar surface area (TPSA) is 217 Å². The number of ether oxygens (including phenoxy) is 6. The van der Waals surface area contributed by atoms with Gasteiger partial charge in [-0.3, -0.25) is 19.1 Å². The average molecular weight is 798 g/mol. The van der Waals surface area contributed by atoms with E-state index >= 15 is 0 Å². The lowest BCUT2D eigenvalue weighted by atomic mass is 9.91. The van der Waals surface area contributed by atoms with Gasteiger partial charge in [-0.2, -0.15) is 9.97 Å². The summed E-state index contributed by atoms with van der Waals surface area (Å²) in [5.74, 6) is -1.53. The van der Waals surface area contributed by atoms with Crippen molar-refractivity contribution < 1.29 is 52.4 Å². The van der Waals surface area contributed by atoms with Gasteiger partial charge in [0.05, 0.1) is 26.1 Å². The van der Waals surface area contributed by atoms with E-state index in [9.17, 15) is 24.0 Å². The second-order valence-corrected chi connectivity index (χ2v) is 13.3. The zero-order valence-corrected chi connectivity index (χ0v) is 32.4. The highest BCUT2D eigenvalue weighted by molar-refractivity contribution is 6.28. The monoisotopic (exact) mass is 797 g/mol. The number of nitrogens with two attached hydrogens (primary N) is 1. The summed E-state index contributed by atoms with van der Waals surface area (Å²) in [5, 5.41) is -0.232. The van der Waals surface area contributed by atoms with Gasteiger partial charge in [-0.15, -0.1) is 6.42 Å². The van der Waals surface area contributed by atoms with Crippen LogP contribution in [0.1, 0.15) is 59.3 Å². The molecule has 2 amide bonds. The molecule has 3 aromatic rings. The first kappa shape index (κ1) is 41.6. The number of urea groups is 1. The minimum absolute atomic E-state index is 0.0557. The number of nitrogens with zero attached hydrogens (tertiary/aromatic N) is 6. The first-order valence-electron chi connectivity index (χ1n) is 18.0. The number of benzene rings is 1. The third-order valence-corrected chi connectivity index (χ3v) is 9.36. The Morgan fingerprint density at radius 3 is 2.32 bits per heavy atom. The zero-order chi connectivity index (χ0) is 40.8. The molecule has 2 aromatic heterocycles. The van der Waals surface area contributed by atoms with Gasteiger partial charge < -0.3 is 39.1 Å². The van der Waals surface area contributed by atoms with E-state index in [1.807, 2.05) is 6.92 Å². The summed E-state index contributed by atoms with van der Waals surface area (Å²) in [6.07, 6.45) is 4.04. The molecule has 0 spiro atoms. The smallest absolute Gasteiger partial charge is 0.350 e. The number of fused-ring (bicyclic) bond motifs is 1. The van der Waals surface area contributed by atoms with Gasteiger partial charge in [0.15, 0.2) is 17.7 Å². The molecule has 56 heavy (non-hydrogen) atoms. The summed E-state index contributed by atoms with van der Waals surface area (Å²) in [5.41, 5.74) is 2.59. The predicted molar refractivity (Wildman–Crippen MR) is 199 cm³/mol. The maximum atomic E-state index is 13.9. The first-order valence-corrected chi connectivity index (χ1v) is 18.4. The van der Waals surface area contributed by atoms with Gasteiger partial charge in [0.2, 0.25) is 17.0 Å². The van der Waals surface area contributed by atoms with Gasteiger partial charge in [0.25, 0.3) is 5.60 Å². The number of carbonyl (C=O) groups excluding carboxylic acids is 5. The number of terminal acetylenes is 1. The number of nitrogen functional groups attached to an aromatic ring is 1. The van der Waals surface area contributed by atoms with Crippen LogP contribution in [0.3, 0.4) is 0 Å². The molecule has 2 fully saturated rings. The van der Waals surface area contributed by atoms with Crippen LogP contribution in [0, 0.1) is 12.3 Å². The molecule has 18 nitrogen and oxygen atoms in total. The highest BCUT2D eigenvalue weighted by atomic mass is 35.5. The van der Waals surface area contributed by atoms with Crippen molar-refractivity contribution >= 4 is 64.2 Å². The van der Waals surface area contributed by atoms with Crippen molar-refractivity contribution in [3.05, 3.63) is 41.4 Å². The minimum Gasteiger partial charge on any atom is -0.463 e. The van der Waals surface area contributed by atoms with E-state index in [-0.39, 0.29) is 41.5 Å². The molecular weight excluding hydrogens is 754 g/mol. The molecule has 0 radical (unpaired) electrons. The Bertz CT molecular complexity index is 1980. The predicted octanol–water partition coefficient (Wildman–Crippen LogP) is 2.99. The molecule has 4 atom stereocenters. The molecule has 2 aliphatic rings. The number of anilines is 2. The van der Waals surface area contributed by atoms with Crippen LogP contribution in [-0.4, -0.2) is 117 Å². The molecule has 0 bridgehead atoms. The average Bonchev–Trinajstić information content (AvgIpc) is 3.70. The van der Waals surface area contributed by atoms with Crippen molar-refractivity contribution in [2.24, 2.45) is 0 Å². The van der Waals surface area contributed by atoms with Crippen molar-refractivity contribution in [3.8, 4) is 12.3 Å². The van der Waals surface area contributed by atoms with Crippen LogP contribution in [0.4, 0.5) is 16.3 Å². The summed E-state index contributed by atoms with van der Waals surface area (Å²) in [6.45, 7) is 8.14. The summed E-state index contributed by atoms with van der Waals surface area (Å²) >= 11 is 6.11. The van der Waals surface area contributed by atoms with Crippen LogP contribution in [0.15, 0.2) is 30.6 Å². The van der Waals surface area contributed by atoms with E-state index in [1.165, 1.54) is 10.9 Å². The van der Waals surface area contributed by atoms with Crippen molar-refractivity contribution in [2.75, 3.05) is 50.1 Å². The lowest BCUT2D eigenvalue weighted by Crippen LogP contribution is -2.57. The van der Waals surface area contributed by atoms with Crippen LogP contribution < -0.4 is 10.6 Å². The Balaban J connectivity index is 1.55. The molecule has 0 unspecified atom stereocenters.